The zero-order valence-corrected chi connectivity index (χ0v) is 39.8. The van der Waals surface area contributed by atoms with Crippen LogP contribution in [0.1, 0.15) is 87.5 Å². The number of carboxylic acid groups (broad SMARTS) is 1. The highest BCUT2D eigenvalue weighted by Crippen LogP contribution is 2.57. The number of amides is 3. The van der Waals surface area contributed by atoms with Crippen LogP contribution < -0.4 is 25.4 Å². The average Bonchev–Trinajstić information content (AvgIpc) is 3.72. The SMILES string of the molecule is CCC[C@@](C)(NC(=O)[C@@H]1CC(Oc2cc(-c3csc(NC(C)C)n3)nc3c(Cl)c(OCCN4CCOCC4)ccc23)CN1C(=O)[C@@H](NC(=O)OC1C[C@@H]2C(C)[C@@H]2C1)C(C)(C)C)C(=O)O. The number of thiazole rings is 1. The van der Waals surface area contributed by atoms with E-state index < -0.39 is 53.0 Å². The van der Waals surface area contributed by atoms with Gasteiger partial charge in [0.1, 0.15) is 58.7 Å². The second kappa shape index (κ2) is 19.6. The maximum absolute atomic E-state index is 14.8. The van der Waals surface area contributed by atoms with Crippen LogP contribution >= 0.6 is 22.9 Å². The van der Waals surface area contributed by atoms with Crippen molar-refractivity contribution in [3.8, 4) is 22.9 Å². The molecule has 0 bridgehead atoms. The summed E-state index contributed by atoms with van der Waals surface area (Å²) in [6.07, 6.45) is 0.647. The Morgan fingerprint density at radius 3 is 2.39 bits per heavy atom. The Labute approximate surface area is 384 Å². The Morgan fingerprint density at radius 2 is 1.73 bits per heavy atom. The molecule has 0 radical (unpaired) electrons. The number of ether oxygens (including phenoxy) is 4. The summed E-state index contributed by atoms with van der Waals surface area (Å²) < 4.78 is 24.3. The number of hydrogen-bond acceptors (Lipinski definition) is 13. The smallest absolute Gasteiger partial charge is 0.408 e. The fraction of sp³-hybridized carbons (Fsp3) is 0.652. The van der Waals surface area contributed by atoms with E-state index in [1.807, 2.05) is 53.0 Å². The number of benzene rings is 1. The quantitative estimate of drug-likeness (QED) is 0.110. The number of hydrogen-bond donors (Lipinski definition) is 4. The van der Waals surface area contributed by atoms with Crippen LogP contribution in [0.4, 0.5) is 9.93 Å². The average molecular weight is 927 g/mol. The number of nitrogens with one attached hydrogen (secondary N) is 3. The van der Waals surface area contributed by atoms with Gasteiger partial charge in [0.25, 0.3) is 0 Å². The molecular weight excluding hydrogens is 862 g/mol. The second-order valence-electron chi connectivity index (χ2n) is 19.4. The van der Waals surface area contributed by atoms with Gasteiger partial charge in [-0.3, -0.25) is 14.5 Å². The van der Waals surface area contributed by atoms with Crippen molar-refractivity contribution in [2.45, 2.75) is 123 Å². The number of rotatable bonds is 17. The van der Waals surface area contributed by atoms with Gasteiger partial charge in [0.05, 0.1) is 31.0 Å². The Kier molecular flexibility index (Phi) is 14.5. The van der Waals surface area contributed by atoms with Crippen LogP contribution in [0.5, 0.6) is 11.5 Å². The monoisotopic (exact) mass is 925 g/mol. The zero-order valence-electron chi connectivity index (χ0n) is 38.2. The zero-order chi connectivity index (χ0) is 46.1. The molecule has 2 aliphatic carbocycles. The van der Waals surface area contributed by atoms with Gasteiger partial charge in [0, 0.05) is 48.9 Å². The third-order valence-corrected chi connectivity index (χ3v) is 14.2. The Balaban J connectivity index is 1.19. The van der Waals surface area contributed by atoms with Crippen molar-refractivity contribution in [2.75, 3.05) is 51.3 Å². The van der Waals surface area contributed by atoms with Crippen molar-refractivity contribution in [1.29, 1.82) is 0 Å². The summed E-state index contributed by atoms with van der Waals surface area (Å²) in [6, 6.07) is 3.32. The van der Waals surface area contributed by atoms with Gasteiger partial charge < -0.3 is 44.9 Å². The van der Waals surface area contributed by atoms with Crippen LogP contribution in [0, 0.1) is 23.2 Å². The number of halogens is 1. The molecule has 8 atom stereocenters. The Bertz CT molecular complexity index is 2180. The molecule has 3 aromatic rings. The highest BCUT2D eigenvalue weighted by Gasteiger charge is 2.54. The molecule has 2 aliphatic heterocycles. The maximum atomic E-state index is 14.8. The molecule has 3 unspecified atom stereocenters. The lowest BCUT2D eigenvalue weighted by molar-refractivity contribution is -0.149. The number of carboxylic acids is 1. The number of morpholine rings is 1. The van der Waals surface area contributed by atoms with Crippen molar-refractivity contribution >= 4 is 62.8 Å². The van der Waals surface area contributed by atoms with Gasteiger partial charge in [-0.15, -0.1) is 11.3 Å². The van der Waals surface area contributed by atoms with Gasteiger partial charge in [-0.2, -0.15) is 0 Å². The van der Waals surface area contributed by atoms with E-state index in [9.17, 15) is 24.3 Å². The minimum Gasteiger partial charge on any atom is -0.491 e. The van der Waals surface area contributed by atoms with Crippen molar-refractivity contribution < 1.29 is 43.2 Å². The molecule has 1 aromatic carbocycles. The number of alkyl carbamates (subject to hydrolysis) is 1. The normalized spacial score (nSPS) is 24.8. The van der Waals surface area contributed by atoms with Crippen molar-refractivity contribution in [3.63, 3.8) is 0 Å². The first-order valence-corrected chi connectivity index (χ1v) is 23.9. The number of fused-ring (bicyclic) bond motifs is 2. The number of nitrogens with zero attached hydrogens (tertiary/aromatic N) is 4. The third kappa shape index (κ3) is 10.8. The molecule has 4 N–H and O–H groups in total. The van der Waals surface area contributed by atoms with E-state index in [0.717, 1.165) is 31.1 Å². The molecule has 0 spiro atoms. The van der Waals surface area contributed by atoms with Crippen LogP contribution in [0.3, 0.4) is 0 Å². The summed E-state index contributed by atoms with van der Waals surface area (Å²) in [7, 11) is 0. The number of carbonyl (C=O) groups is 4. The molecule has 2 saturated heterocycles. The standard InChI is InChI=1S/C46H64ClN7O9S/c1-9-12-46(8,42(57)58)52-40(55)34-21-28(23-54(34)41(56)39(45(5,6)7)51-44(59)63-27-19-30-26(4)31(30)20-27)62-36-22-32(33-24-64-43(50-33)48-25(2)3)49-38-29(36)10-11-35(37(38)47)61-18-15-53-13-16-60-17-14-53/h10-11,22,24-28,30-31,34,39H,9,12-21,23H2,1-8H3,(H,48,50)(H,51,59)(H,52,55)(H,57,58)/t26?,27?,28?,30-,31+,34-,39+,46+/m0/s1. The first-order chi connectivity index (χ1) is 30.3. The molecular formula is C46H64ClN7O9S. The second-order valence-corrected chi connectivity index (χ2v) is 20.6. The maximum Gasteiger partial charge on any atom is 0.408 e. The summed E-state index contributed by atoms with van der Waals surface area (Å²) in [5.74, 6) is 0.287. The summed E-state index contributed by atoms with van der Waals surface area (Å²) in [6.45, 7) is 19.1. The van der Waals surface area contributed by atoms with Crippen LogP contribution in [0.15, 0.2) is 23.6 Å². The van der Waals surface area contributed by atoms with E-state index in [4.69, 9.17) is 40.5 Å². The lowest BCUT2D eigenvalue weighted by atomic mass is 9.85. The molecule has 4 fully saturated rings. The van der Waals surface area contributed by atoms with Crippen molar-refractivity contribution in [3.05, 3.63) is 28.6 Å². The van der Waals surface area contributed by atoms with Gasteiger partial charge in [0.2, 0.25) is 11.8 Å². The fourth-order valence-corrected chi connectivity index (χ4v) is 10.4. The van der Waals surface area contributed by atoms with Crippen LogP contribution in [0.2, 0.25) is 5.02 Å². The first kappa shape index (κ1) is 47.5. The molecule has 350 valence electrons. The fourth-order valence-electron chi connectivity index (χ4n) is 9.33. The largest absolute Gasteiger partial charge is 0.491 e. The van der Waals surface area contributed by atoms with Gasteiger partial charge in [-0.1, -0.05) is 52.6 Å². The first-order valence-electron chi connectivity index (χ1n) is 22.6. The minimum atomic E-state index is -1.59. The molecule has 16 nitrogen and oxygen atoms in total. The summed E-state index contributed by atoms with van der Waals surface area (Å²) in [4.78, 5) is 68.6. The van der Waals surface area contributed by atoms with Crippen molar-refractivity contribution in [2.24, 2.45) is 23.2 Å². The number of anilines is 1. The van der Waals surface area contributed by atoms with Gasteiger partial charge >= 0.3 is 12.1 Å². The molecule has 4 heterocycles. The molecule has 2 saturated carbocycles. The van der Waals surface area contributed by atoms with E-state index in [1.54, 1.807) is 12.1 Å². The van der Waals surface area contributed by atoms with Crippen LogP contribution in [-0.2, 0) is 23.9 Å². The van der Waals surface area contributed by atoms with E-state index in [2.05, 4.69) is 27.8 Å². The van der Waals surface area contributed by atoms with E-state index in [0.29, 0.717) is 89.4 Å². The predicted octanol–water partition coefficient (Wildman–Crippen LogP) is 6.84. The Hall–Kier alpha value is -4.45. The van der Waals surface area contributed by atoms with E-state index >= 15 is 0 Å². The number of likely N-dealkylation sites (tertiary alicyclic amines) is 1. The summed E-state index contributed by atoms with van der Waals surface area (Å²) >= 11 is 8.55. The molecule has 64 heavy (non-hydrogen) atoms. The minimum absolute atomic E-state index is 0.0263. The van der Waals surface area contributed by atoms with Crippen LogP contribution in [0.25, 0.3) is 22.3 Å². The lowest BCUT2D eigenvalue weighted by Crippen LogP contribution is -2.60. The number of pyridine rings is 1. The third-order valence-electron chi connectivity index (χ3n) is 13.0. The highest BCUT2D eigenvalue weighted by atomic mass is 35.5. The number of aromatic nitrogens is 2. The van der Waals surface area contributed by atoms with E-state index in [1.165, 1.54) is 23.2 Å². The van der Waals surface area contributed by atoms with E-state index in [-0.39, 0.29) is 31.5 Å². The number of carbonyl (C=O) groups excluding carboxylic acids is 3. The molecule has 7 rings (SSSR count). The topological polar surface area (TPSA) is 194 Å². The number of aliphatic carboxylic acids is 1. The summed E-state index contributed by atoms with van der Waals surface area (Å²) in [5.41, 5.74) is -0.883. The van der Waals surface area contributed by atoms with Crippen LogP contribution in [-0.4, -0.2) is 131 Å². The molecule has 2 aromatic heterocycles. The highest BCUT2D eigenvalue weighted by molar-refractivity contribution is 7.14. The van der Waals surface area contributed by atoms with Gasteiger partial charge in [-0.25, -0.2) is 19.6 Å². The predicted molar refractivity (Wildman–Crippen MR) is 245 cm³/mol. The molecule has 3 amide bonds. The van der Waals surface area contributed by atoms with Gasteiger partial charge in [-0.05, 0) is 75.3 Å². The Morgan fingerprint density at radius 1 is 1.02 bits per heavy atom. The molecule has 18 heteroatoms. The van der Waals surface area contributed by atoms with Gasteiger partial charge in [0.15, 0.2) is 5.13 Å². The van der Waals surface area contributed by atoms with Crippen molar-refractivity contribution in [1.82, 2.24) is 30.4 Å². The summed E-state index contributed by atoms with van der Waals surface area (Å²) in [5, 5.41) is 22.6. The molecule has 4 aliphatic rings. The lowest BCUT2D eigenvalue weighted by Gasteiger charge is -2.36.